The second-order valence-electron chi connectivity index (χ2n) is 3.39. The van der Waals surface area contributed by atoms with E-state index >= 15 is 0 Å². The Hall–Kier alpha value is -1.95. The quantitative estimate of drug-likeness (QED) is 0.687. The summed E-state index contributed by atoms with van der Waals surface area (Å²) in [7, 11) is 0. The van der Waals surface area contributed by atoms with E-state index in [1.807, 2.05) is 16.7 Å². The minimum atomic E-state index is 0.572. The fourth-order valence-electron chi connectivity index (χ4n) is 1.65. The Morgan fingerprint density at radius 1 is 1.38 bits per heavy atom. The van der Waals surface area contributed by atoms with Crippen LogP contribution in [0, 0.1) is 4.77 Å². The first-order valence-corrected chi connectivity index (χ1v) is 5.17. The fourth-order valence-corrected chi connectivity index (χ4v) is 1.92. The molecule has 0 aromatic carbocycles. The van der Waals surface area contributed by atoms with Gasteiger partial charge in [0.1, 0.15) is 0 Å². The molecule has 5 nitrogen and oxygen atoms in total. The van der Waals surface area contributed by atoms with E-state index in [0.717, 1.165) is 16.8 Å². The number of aromatic amines is 1. The van der Waals surface area contributed by atoms with E-state index in [2.05, 4.69) is 15.1 Å². The van der Waals surface area contributed by atoms with Crippen LogP contribution >= 0.6 is 12.2 Å². The normalized spacial score (nSPS) is 11.0. The van der Waals surface area contributed by atoms with Gasteiger partial charge in [-0.2, -0.15) is 0 Å². The van der Waals surface area contributed by atoms with Gasteiger partial charge in [0, 0.05) is 12.3 Å². The summed E-state index contributed by atoms with van der Waals surface area (Å²) in [6, 6.07) is 3.74. The van der Waals surface area contributed by atoms with Crippen molar-refractivity contribution in [3.05, 3.63) is 41.3 Å². The maximum absolute atomic E-state index is 5.24. The minimum Gasteiger partial charge on any atom is -0.359 e. The van der Waals surface area contributed by atoms with Gasteiger partial charge in [-0.05, 0) is 18.3 Å². The highest BCUT2D eigenvalue weighted by atomic mass is 32.1. The van der Waals surface area contributed by atoms with E-state index in [9.17, 15) is 0 Å². The number of rotatable bonds is 2. The van der Waals surface area contributed by atoms with Crippen LogP contribution in [0.15, 0.2) is 35.2 Å². The van der Waals surface area contributed by atoms with Crippen LogP contribution in [0.1, 0.15) is 5.76 Å². The zero-order chi connectivity index (χ0) is 11.0. The summed E-state index contributed by atoms with van der Waals surface area (Å²) < 4.78 is 7.67. The Bertz CT molecular complexity index is 668. The van der Waals surface area contributed by atoms with Crippen molar-refractivity contribution < 1.29 is 4.52 Å². The molecule has 16 heavy (non-hydrogen) atoms. The molecule has 0 aliphatic carbocycles. The van der Waals surface area contributed by atoms with Gasteiger partial charge in [0.2, 0.25) is 0 Å². The Morgan fingerprint density at radius 3 is 3.12 bits per heavy atom. The van der Waals surface area contributed by atoms with Crippen LogP contribution in [0.3, 0.4) is 0 Å². The van der Waals surface area contributed by atoms with Crippen molar-refractivity contribution in [2.75, 3.05) is 0 Å². The molecule has 3 rings (SSSR count). The smallest absolute Gasteiger partial charge is 0.178 e. The standard InChI is InChI=1S/C10H8N4OS/c16-10-13-8-5-11-3-2-9(8)14(10)6-7-1-4-12-15-7/h1-5H,6H2,(H,13,16). The third-order valence-corrected chi connectivity index (χ3v) is 2.70. The van der Waals surface area contributed by atoms with Crippen LogP contribution < -0.4 is 0 Å². The molecule has 0 fully saturated rings. The number of fused-ring (bicyclic) bond motifs is 1. The molecule has 0 saturated heterocycles. The molecule has 0 spiro atoms. The van der Waals surface area contributed by atoms with Gasteiger partial charge in [0.15, 0.2) is 10.5 Å². The molecule has 0 saturated carbocycles. The van der Waals surface area contributed by atoms with Crippen LogP contribution in [0.2, 0.25) is 0 Å². The molecular formula is C10H8N4OS. The number of pyridine rings is 1. The topological polar surface area (TPSA) is 59.6 Å². The highest BCUT2D eigenvalue weighted by Gasteiger charge is 2.06. The van der Waals surface area contributed by atoms with Crippen molar-refractivity contribution in [2.24, 2.45) is 0 Å². The predicted octanol–water partition coefficient (Wildman–Crippen LogP) is 2.13. The maximum atomic E-state index is 5.24. The molecule has 80 valence electrons. The lowest BCUT2D eigenvalue weighted by Gasteiger charge is -1.99. The molecular weight excluding hydrogens is 224 g/mol. The van der Waals surface area contributed by atoms with Crippen LogP contribution in [-0.4, -0.2) is 19.7 Å². The largest absolute Gasteiger partial charge is 0.359 e. The van der Waals surface area contributed by atoms with Crippen molar-refractivity contribution in [2.45, 2.75) is 6.54 Å². The third-order valence-electron chi connectivity index (χ3n) is 2.38. The summed E-state index contributed by atoms with van der Waals surface area (Å²) in [6.45, 7) is 0.572. The van der Waals surface area contributed by atoms with E-state index < -0.39 is 0 Å². The third kappa shape index (κ3) is 1.43. The lowest BCUT2D eigenvalue weighted by atomic mass is 10.4. The van der Waals surface area contributed by atoms with Gasteiger partial charge in [-0.15, -0.1) is 0 Å². The number of nitrogens with one attached hydrogen (secondary N) is 1. The first-order chi connectivity index (χ1) is 7.84. The average molecular weight is 232 g/mol. The van der Waals surface area contributed by atoms with Gasteiger partial charge in [-0.25, -0.2) is 0 Å². The van der Waals surface area contributed by atoms with Crippen LogP contribution in [-0.2, 0) is 6.54 Å². The van der Waals surface area contributed by atoms with Gasteiger partial charge in [0.05, 0.1) is 30.0 Å². The molecule has 0 amide bonds. The van der Waals surface area contributed by atoms with Gasteiger partial charge in [-0.3, -0.25) is 4.98 Å². The molecule has 0 atom stereocenters. The van der Waals surface area contributed by atoms with Crippen molar-refractivity contribution in [3.63, 3.8) is 0 Å². The Balaban J connectivity index is 2.16. The summed E-state index contributed by atoms with van der Waals surface area (Å²) in [5.41, 5.74) is 1.93. The second-order valence-corrected chi connectivity index (χ2v) is 3.77. The highest BCUT2D eigenvalue weighted by molar-refractivity contribution is 7.71. The monoisotopic (exact) mass is 232 g/mol. The maximum Gasteiger partial charge on any atom is 0.178 e. The summed E-state index contributed by atoms with van der Waals surface area (Å²) in [5.74, 6) is 0.772. The molecule has 1 N–H and O–H groups in total. The van der Waals surface area contributed by atoms with Gasteiger partial charge in [0.25, 0.3) is 0 Å². The number of hydrogen-bond acceptors (Lipinski definition) is 4. The second kappa shape index (κ2) is 3.57. The van der Waals surface area contributed by atoms with Crippen molar-refractivity contribution >= 4 is 23.3 Å². The number of imidazole rings is 1. The highest BCUT2D eigenvalue weighted by Crippen LogP contribution is 2.14. The first-order valence-electron chi connectivity index (χ1n) is 4.77. The first kappa shape index (κ1) is 9.29. The van der Waals surface area contributed by atoms with Crippen molar-refractivity contribution in [3.8, 4) is 0 Å². The number of aromatic nitrogens is 4. The molecule has 0 bridgehead atoms. The number of nitrogens with zero attached hydrogens (tertiary/aromatic N) is 3. The van der Waals surface area contributed by atoms with E-state index in [1.165, 1.54) is 0 Å². The zero-order valence-corrected chi connectivity index (χ0v) is 9.07. The van der Waals surface area contributed by atoms with Crippen LogP contribution in [0.25, 0.3) is 11.0 Å². The van der Waals surface area contributed by atoms with Crippen LogP contribution in [0.5, 0.6) is 0 Å². The molecule has 0 aliphatic heterocycles. The molecule has 0 unspecified atom stereocenters. The predicted molar refractivity (Wildman–Crippen MR) is 60.5 cm³/mol. The van der Waals surface area contributed by atoms with Gasteiger partial charge < -0.3 is 14.1 Å². The molecule has 0 radical (unpaired) electrons. The van der Waals surface area contributed by atoms with E-state index in [0.29, 0.717) is 11.3 Å². The van der Waals surface area contributed by atoms with Crippen molar-refractivity contribution in [1.82, 2.24) is 19.7 Å². The molecule has 3 aromatic rings. The Labute approximate surface area is 95.7 Å². The lowest BCUT2D eigenvalue weighted by Crippen LogP contribution is -1.98. The Morgan fingerprint density at radius 2 is 2.31 bits per heavy atom. The van der Waals surface area contributed by atoms with Gasteiger partial charge in [-0.1, -0.05) is 5.16 Å². The molecule has 3 heterocycles. The fraction of sp³-hybridized carbons (Fsp3) is 0.100. The van der Waals surface area contributed by atoms with E-state index in [-0.39, 0.29) is 0 Å². The van der Waals surface area contributed by atoms with E-state index in [4.69, 9.17) is 16.7 Å². The summed E-state index contributed by atoms with van der Waals surface area (Å²) in [5, 5.41) is 3.67. The summed E-state index contributed by atoms with van der Waals surface area (Å²) >= 11 is 5.24. The molecule has 3 aromatic heterocycles. The molecule has 6 heteroatoms. The number of hydrogen-bond donors (Lipinski definition) is 1. The SMILES string of the molecule is S=c1[nH]c2cnccc2n1Cc1ccno1. The van der Waals surface area contributed by atoms with Crippen molar-refractivity contribution in [1.29, 1.82) is 0 Å². The minimum absolute atomic E-state index is 0.572. The molecule has 0 aliphatic rings. The van der Waals surface area contributed by atoms with E-state index in [1.54, 1.807) is 18.6 Å². The zero-order valence-electron chi connectivity index (χ0n) is 8.25. The summed E-state index contributed by atoms with van der Waals surface area (Å²) in [6.07, 6.45) is 5.11. The average Bonchev–Trinajstić information content (AvgIpc) is 2.89. The van der Waals surface area contributed by atoms with Crippen LogP contribution in [0.4, 0.5) is 0 Å². The number of H-pyrrole nitrogens is 1. The summed E-state index contributed by atoms with van der Waals surface area (Å²) in [4.78, 5) is 7.13. The van der Waals surface area contributed by atoms with Gasteiger partial charge >= 0.3 is 0 Å². The Kier molecular flexibility index (Phi) is 2.07. The lowest BCUT2D eigenvalue weighted by molar-refractivity contribution is 0.377.